The molecule has 7 heavy (non-hydrogen) atoms. The molecule has 0 N–H and O–H groups in total. The molecule has 0 amide bonds. The molecule has 0 aromatic heterocycles. The van der Waals surface area contributed by atoms with Gasteiger partial charge < -0.3 is 9.05 Å². The summed E-state index contributed by atoms with van der Waals surface area (Å²) in [7, 11) is 0.0486. The minimum atomic E-state index is -2.65. The third kappa shape index (κ3) is 2.80. The normalized spacial score (nSPS) is 11.9. The van der Waals surface area contributed by atoms with Crippen molar-refractivity contribution in [2.45, 2.75) is 0 Å². The molecule has 0 aliphatic heterocycles. The van der Waals surface area contributed by atoms with Crippen molar-refractivity contribution in [3.05, 3.63) is 0 Å². The van der Waals surface area contributed by atoms with Gasteiger partial charge in [-0.3, -0.25) is 4.57 Å². The minimum absolute atomic E-state index is 1.35. The molecule has 0 atom stereocenters. The van der Waals surface area contributed by atoms with Crippen LogP contribution >= 0.6 is 7.60 Å². The van der Waals surface area contributed by atoms with Gasteiger partial charge in [0.05, 0.1) is 0 Å². The van der Waals surface area contributed by atoms with Gasteiger partial charge >= 0.3 is 7.60 Å². The van der Waals surface area contributed by atoms with Crippen molar-refractivity contribution in [1.29, 1.82) is 0 Å². The summed E-state index contributed by atoms with van der Waals surface area (Å²) in [6.45, 7) is 1.41. The molecule has 0 saturated carbocycles. The predicted octanol–water partition coefficient (Wildman–Crippen LogP) is 1.10. The topological polar surface area (TPSA) is 35.5 Å². The van der Waals surface area contributed by atoms with Gasteiger partial charge in [-0.25, -0.2) is 0 Å². The molecule has 0 aromatic carbocycles. The van der Waals surface area contributed by atoms with Crippen molar-refractivity contribution in [2.24, 2.45) is 0 Å². The fourth-order valence-corrected chi connectivity index (χ4v) is 0.224. The van der Waals surface area contributed by atoms with Crippen LogP contribution < -0.4 is 0 Å². The fourth-order valence-electron chi connectivity index (χ4n) is 0.0745. The van der Waals surface area contributed by atoms with Gasteiger partial charge in [0.15, 0.2) is 0 Å². The van der Waals surface area contributed by atoms with Crippen LogP contribution in [0.1, 0.15) is 0 Å². The molecule has 4 heteroatoms. The molecular weight excluding hydrogens is 116 g/mol. The molecule has 0 radical (unpaired) electrons. The van der Waals surface area contributed by atoms with Gasteiger partial charge in [-0.05, 0) is 0 Å². The lowest BCUT2D eigenvalue weighted by Crippen LogP contribution is -1.82. The lowest BCUT2D eigenvalue weighted by Gasteiger charge is -2.04. The van der Waals surface area contributed by atoms with E-state index in [2.05, 4.69) is 9.05 Å². The first-order valence-electron chi connectivity index (χ1n) is 1.81. The molecule has 0 saturated heterocycles. The van der Waals surface area contributed by atoms with E-state index in [9.17, 15) is 4.57 Å². The summed E-state index contributed by atoms with van der Waals surface area (Å²) in [5.41, 5.74) is 0. The average molecular weight is 125 g/mol. The maximum atomic E-state index is 10.5. The fraction of sp³-hybridized carbons (Fsp3) is 1.00. The Hall–Kier alpha value is 0.150. The quantitative estimate of drug-likeness (QED) is 0.409. The second kappa shape index (κ2) is 2.46. The Morgan fingerprint density at radius 1 is 1.29 bits per heavy atom. The third-order valence-electron chi connectivity index (χ3n) is 0.663. The summed E-state index contributed by atoms with van der Waals surface area (Å²) in [6, 6.07) is 0. The van der Waals surface area contributed by atoms with E-state index in [0.29, 0.717) is 0 Å². The molecular formula is C3H9O3P. The molecule has 0 fully saturated rings. The molecule has 3 nitrogen and oxygen atoms in total. The predicted molar refractivity (Wildman–Crippen MR) is 27.5 cm³/mol. The monoisotopic (exact) mass is 125 g/mol. The van der Waals surface area contributed by atoms with E-state index < -0.39 is 7.60 Å². The molecule has 0 aromatic rings. The molecule has 0 spiro atoms. The van der Waals surface area contributed by atoms with Crippen LogP contribution in [0.4, 0.5) is 0 Å². The van der Waals surface area contributed by atoms with E-state index in [4.69, 9.17) is 0 Å². The highest BCUT2D eigenvalue weighted by Gasteiger charge is 2.08. The van der Waals surface area contributed by atoms with E-state index in [-0.39, 0.29) is 0 Å². The first kappa shape index (κ1) is 7.15. The van der Waals surface area contributed by atoms with E-state index >= 15 is 0 Å². The zero-order chi connectivity index (χ0) is 5.91. The Balaban J connectivity index is 3.61. The molecule has 0 bridgehead atoms. The number of hydrogen-bond donors (Lipinski definition) is 0. The van der Waals surface area contributed by atoms with Crippen molar-refractivity contribution in [2.75, 3.05) is 20.9 Å². The van der Waals surface area contributed by atoms with Crippen LogP contribution in [0.5, 0.6) is 0 Å². The summed E-state index contributed by atoms with van der Waals surface area (Å²) in [5.74, 6) is 0. The van der Waals surface area contributed by atoms with Gasteiger partial charge in [-0.1, -0.05) is 0 Å². The smallest absolute Gasteiger partial charge is 0.312 e. The first-order chi connectivity index (χ1) is 3.12. The van der Waals surface area contributed by atoms with Gasteiger partial charge in [0.1, 0.15) is 0 Å². The molecule has 0 aliphatic carbocycles. The second-order valence-corrected chi connectivity index (χ2v) is 3.41. The summed E-state index contributed by atoms with van der Waals surface area (Å²) in [5, 5.41) is 0. The maximum absolute atomic E-state index is 10.5. The first-order valence-corrected chi connectivity index (χ1v) is 3.80. The van der Waals surface area contributed by atoms with E-state index in [1.165, 1.54) is 20.9 Å². The van der Waals surface area contributed by atoms with Crippen molar-refractivity contribution >= 4 is 7.60 Å². The lowest BCUT2D eigenvalue weighted by molar-refractivity contribution is 0.282. The van der Waals surface area contributed by atoms with Crippen molar-refractivity contribution in [1.82, 2.24) is 0 Å². The summed E-state index contributed by atoms with van der Waals surface area (Å²) < 4.78 is 19.3. The number of rotatable bonds is 2. The molecule has 44 valence electrons. The average Bonchev–Trinajstić information content (AvgIpc) is 1.68. The largest absolute Gasteiger partial charge is 0.327 e. The van der Waals surface area contributed by atoms with E-state index in [0.717, 1.165) is 0 Å². The van der Waals surface area contributed by atoms with Gasteiger partial charge in [0, 0.05) is 20.9 Å². The molecule has 0 aliphatic rings. The second-order valence-electron chi connectivity index (χ2n) is 1.14. The minimum Gasteiger partial charge on any atom is -0.312 e. The van der Waals surface area contributed by atoms with Crippen LogP contribution in [0.2, 0.25) is 0 Å². The summed E-state index contributed by atoms with van der Waals surface area (Å²) in [4.78, 5) is 0. The van der Waals surface area contributed by atoms with Crippen LogP contribution in [0, 0.1) is 0 Å². The van der Waals surface area contributed by atoms with Gasteiger partial charge in [0.2, 0.25) is 0 Å². The molecule has 0 heterocycles. The highest BCUT2D eigenvalue weighted by atomic mass is 31.2. The van der Waals surface area contributed by atoms with Crippen molar-refractivity contribution in [3.63, 3.8) is 0 Å². The van der Waals surface area contributed by atoms with Crippen LogP contribution in [-0.2, 0) is 13.6 Å². The summed E-state index contributed by atoms with van der Waals surface area (Å²) >= 11 is 0. The highest BCUT2D eigenvalue weighted by molar-refractivity contribution is 7.52. The maximum Gasteiger partial charge on any atom is 0.327 e. The zero-order valence-corrected chi connectivity index (χ0v) is 5.57. The Kier molecular flexibility index (Phi) is 2.51. The number of hydrogen-bond acceptors (Lipinski definition) is 3. The molecule has 0 unspecified atom stereocenters. The SMILES string of the molecule is COP([13CH3])(=O)OC. The van der Waals surface area contributed by atoms with Gasteiger partial charge in [0.25, 0.3) is 0 Å². The van der Waals surface area contributed by atoms with Gasteiger partial charge in [-0.15, -0.1) is 0 Å². The third-order valence-corrected chi connectivity index (χ3v) is 1.99. The van der Waals surface area contributed by atoms with Crippen LogP contribution in [0.25, 0.3) is 0 Å². The van der Waals surface area contributed by atoms with Crippen molar-refractivity contribution in [3.8, 4) is 0 Å². The molecule has 0 rings (SSSR count). The Bertz CT molecular complexity index is 82.2. The Labute approximate surface area is 43.2 Å². The Morgan fingerprint density at radius 3 is 1.57 bits per heavy atom. The van der Waals surface area contributed by atoms with E-state index in [1.54, 1.807) is 0 Å². The van der Waals surface area contributed by atoms with Crippen molar-refractivity contribution < 1.29 is 13.6 Å². The zero-order valence-electron chi connectivity index (χ0n) is 4.67. The van der Waals surface area contributed by atoms with Crippen LogP contribution in [-0.4, -0.2) is 20.9 Å². The van der Waals surface area contributed by atoms with Crippen LogP contribution in [0.15, 0.2) is 0 Å². The van der Waals surface area contributed by atoms with Gasteiger partial charge in [-0.2, -0.15) is 0 Å². The lowest BCUT2D eigenvalue weighted by atomic mass is 11.8. The summed E-state index contributed by atoms with van der Waals surface area (Å²) in [6.07, 6.45) is 0. The van der Waals surface area contributed by atoms with E-state index in [1.807, 2.05) is 0 Å². The Morgan fingerprint density at radius 2 is 1.57 bits per heavy atom. The van der Waals surface area contributed by atoms with Crippen LogP contribution in [0.3, 0.4) is 0 Å². The standard InChI is InChI=1S/C3H9O3P/c1-5-7(3,4)6-2/h1-3H3/i3+1. The highest BCUT2D eigenvalue weighted by Crippen LogP contribution is 2.40.